The fourth-order valence-corrected chi connectivity index (χ4v) is 7.40. The van der Waals surface area contributed by atoms with Crippen LogP contribution in [0.2, 0.25) is 0 Å². The molecule has 10 aromatic rings. The van der Waals surface area contributed by atoms with E-state index in [1.54, 1.807) is 0 Å². The van der Waals surface area contributed by atoms with Crippen LogP contribution in [0.25, 0.3) is 88.1 Å². The molecule has 0 radical (unpaired) electrons. The van der Waals surface area contributed by atoms with Gasteiger partial charge in [0.25, 0.3) is 0 Å². The van der Waals surface area contributed by atoms with Gasteiger partial charge in [0.15, 0.2) is 0 Å². The number of aromatic nitrogens is 2. The molecule has 0 aliphatic rings. The van der Waals surface area contributed by atoms with Crippen molar-refractivity contribution in [3.63, 3.8) is 0 Å². The topological polar surface area (TPSA) is 23.0 Å². The predicted octanol–water partition coefficient (Wildman–Crippen LogP) is 11.4. The Bertz CT molecular complexity index is 2730. The molecule has 0 aliphatic heterocycles. The highest BCUT2D eigenvalue weighted by Gasteiger charge is 2.22. The summed E-state index contributed by atoms with van der Waals surface area (Å²) in [5.74, 6) is 0. The Hall–Kier alpha value is -6.06. The molecule has 7 aromatic carbocycles. The summed E-state index contributed by atoms with van der Waals surface area (Å²) < 4.78 is 11.6. The van der Waals surface area contributed by atoms with Crippen LogP contribution in [0.5, 0.6) is 0 Å². The van der Waals surface area contributed by atoms with E-state index in [2.05, 4.69) is 167 Å². The van der Waals surface area contributed by atoms with E-state index in [1.807, 2.05) is 0 Å². The Morgan fingerprint density at radius 3 is 1.58 bits per heavy atom. The van der Waals surface area contributed by atoms with Gasteiger partial charge in [-0.3, -0.25) is 0 Å². The zero-order valence-corrected chi connectivity index (χ0v) is 24.3. The van der Waals surface area contributed by atoms with Crippen LogP contribution in [0.4, 0.5) is 0 Å². The molecule has 3 heteroatoms. The van der Waals surface area contributed by atoms with E-state index >= 15 is 0 Å². The summed E-state index contributed by atoms with van der Waals surface area (Å²) in [5.41, 5.74) is 11.2. The van der Waals surface area contributed by atoms with Gasteiger partial charge in [-0.2, -0.15) is 0 Å². The quantitative estimate of drug-likeness (QED) is 0.206. The van der Waals surface area contributed by atoms with E-state index in [0.29, 0.717) is 0 Å². The van der Waals surface area contributed by atoms with E-state index in [-0.39, 0.29) is 0 Å². The summed E-state index contributed by atoms with van der Waals surface area (Å²) in [6.07, 6.45) is 0. The molecule has 0 bridgehead atoms. The summed E-state index contributed by atoms with van der Waals surface area (Å²) in [4.78, 5) is 0. The van der Waals surface area contributed by atoms with Gasteiger partial charge in [-0.05, 0) is 71.8 Å². The lowest BCUT2D eigenvalue weighted by atomic mass is 10.0. The van der Waals surface area contributed by atoms with Crippen LogP contribution in [-0.4, -0.2) is 9.13 Å². The first-order valence-corrected chi connectivity index (χ1v) is 15.4. The van der Waals surface area contributed by atoms with Crippen molar-refractivity contribution in [2.45, 2.75) is 0 Å². The SMILES string of the molecule is c1ccc(-c2ccc(-n3c4ccccc4c4c5oc6ccc7c(c8ccccc8n7-c7ccccc7)c6c5ccc43)cc2)cc1. The normalized spacial score (nSPS) is 12.0. The first kappa shape index (κ1) is 24.4. The number of nitrogens with zero attached hydrogens (tertiary/aromatic N) is 2. The van der Waals surface area contributed by atoms with Crippen molar-refractivity contribution in [1.29, 1.82) is 0 Å². The van der Waals surface area contributed by atoms with Crippen molar-refractivity contribution in [2.75, 3.05) is 0 Å². The Kier molecular flexibility index (Phi) is 5.00. The maximum atomic E-state index is 6.85. The number of para-hydroxylation sites is 3. The smallest absolute Gasteiger partial charge is 0.145 e. The molecule has 0 atom stereocenters. The molecule has 0 N–H and O–H groups in total. The highest BCUT2D eigenvalue weighted by Crippen LogP contribution is 2.45. The maximum Gasteiger partial charge on any atom is 0.145 e. The number of benzene rings is 7. The molecular weight excluding hydrogens is 548 g/mol. The second-order valence-electron chi connectivity index (χ2n) is 11.7. The van der Waals surface area contributed by atoms with Crippen LogP contribution in [0, 0.1) is 0 Å². The Morgan fingerprint density at radius 1 is 0.333 bits per heavy atom. The van der Waals surface area contributed by atoms with E-state index < -0.39 is 0 Å². The number of furan rings is 1. The number of hydrogen-bond donors (Lipinski definition) is 0. The minimum absolute atomic E-state index is 0.907. The monoisotopic (exact) mass is 574 g/mol. The summed E-state index contributed by atoms with van der Waals surface area (Å²) in [6, 6.07) is 56.3. The van der Waals surface area contributed by atoms with Gasteiger partial charge in [0.1, 0.15) is 11.2 Å². The Labute approximate surface area is 258 Å². The number of fused-ring (bicyclic) bond motifs is 11. The molecule has 0 fully saturated rings. The van der Waals surface area contributed by atoms with Crippen molar-refractivity contribution in [1.82, 2.24) is 9.13 Å². The highest BCUT2D eigenvalue weighted by molar-refractivity contribution is 6.31. The third kappa shape index (κ3) is 3.41. The van der Waals surface area contributed by atoms with Crippen LogP contribution in [0.1, 0.15) is 0 Å². The average molecular weight is 575 g/mol. The van der Waals surface area contributed by atoms with Crippen molar-refractivity contribution >= 4 is 65.6 Å². The zero-order valence-electron chi connectivity index (χ0n) is 24.3. The van der Waals surface area contributed by atoms with E-state index in [0.717, 1.165) is 38.8 Å². The molecule has 3 nitrogen and oxygen atoms in total. The summed E-state index contributed by atoms with van der Waals surface area (Å²) in [5, 5.41) is 7.09. The molecule has 0 saturated heterocycles. The molecule has 0 amide bonds. The second kappa shape index (κ2) is 9.22. The second-order valence-corrected chi connectivity index (χ2v) is 11.7. The van der Waals surface area contributed by atoms with Crippen LogP contribution in [0.3, 0.4) is 0 Å². The van der Waals surface area contributed by atoms with E-state index in [1.165, 1.54) is 49.2 Å². The van der Waals surface area contributed by atoms with Crippen LogP contribution >= 0.6 is 0 Å². The minimum Gasteiger partial charge on any atom is -0.455 e. The lowest BCUT2D eigenvalue weighted by molar-refractivity contribution is 0.673. The average Bonchev–Trinajstić information content (AvgIpc) is 3.76. The molecule has 45 heavy (non-hydrogen) atoms. The number of rotatable bonds is 3. The maximum absolute atomic E-state index is 6.85. The standard InChI is InChI=1S/C42H26N2O/c1-3-11-27(12-4-1)28-19-21-30(22-20-28)44-35-18-10-8-16-32(35)40-37(44)24-23-33-41-38(45-42(33)40)26-25-36-39(41)31-15-7-9-17-34(31)43(36)29-13-5-2-6-14-29/h1-26H. The van der Waals surface area contributed by atoms with Gasteiger partial charge in [0, 0.05) is 38.3 Å². The summed E-state index contributed by atoms with van der Waals surface area (Å²) >= 11 is 0. The Balaban J connectivity index is 1.28. The molecule has 0 aliphatic carbocycles. The molecule has 3 heterocycles. The highest BCUT2D eigenvalue weighted by atomic mass is 16.3. The molecule has 210 valence electrons. The minimum atomic E-state index is 0.907. The lowest BCUT2D eigenvalue weighted by Crippen LogP contribution is -1.93. The Morgan fingerprint density at radius 2 is 0.867 bits per heavy atom. The predicted molar refractivity (Wildman–Crippen MR) is 188 cm³/mol. The lowest BCUT2D eigenvalue weighted by Gasteiger charge is -2.09. The largest absolute Gasteiger partial charge is 0.455 e. The van der Waals surface area contributed by atoms with Gasteiger partial charge < -0.3 is 13.6 Å². The zero-order chi connectivity index (χ0) is 29.5. The van der Waals surface area contributed by atoms with Crippen molar-refractivity contribution in [3.8, 4) is 22.5 Å². The third-order valence-corrected chi connectivity index (χ3v) is 9.32. The van der Waals surface area contributed by atoms with Crippen molar-refractivity contribution in [2.24, 2.45) is 0 Å². The fraction of sp³-hybridized carbons (Fsp3) is 0. The summed E-state index contributed by atoms with van der Waals surface area (Å²) in [7, 11) is 0. The fourth-order valence-electron chi connectivity index (χ4n) is 7.40. The van der Waals surface area contributed by atoms with Crippen molar-refractivity contribution in [3.05, 3.63) is 158 Å². The van der Waals surface area contributed by atoms with Crippen LogP contribution < -0.4 is 0 Å². The van der Waals surface area contributed by atoms with E-state index in [4.69, 9.17) is 4.42 Å². The molecular formula is C42H26N2O. The van der Waals surface area contributed by atoms with Crippen LogP contribution in [-0.2, 0) is 0 Å². The van der Waals surface area contributed by atoms with Crippen LogP contribution in [0.15, 0.2) is 162 Å². The van der Waals surface area contributed by atoms with Gasteiger partial charge in [-0.1, -0.05) is 97.1 Å². The summed E-state index contributed by atoms with van der Waals surface area (Å²) in [6.45, 7) is 0. The van der Waals surface area contributed by atoms with Crippen molar-refractivity contribution < 1.29 is 4.42 Å². The first-order chi connectivity index (χ1) is 22.3. The van der Waals surface area contributed by atoms with Gasteiger partial charge in [-0.15, -0.1) is 0 Å². The molecule has 0 unspecified atom stereocenters. The first-order valence-electron chi connectivity index (χ1n) is 15.4. The molecule has 0 spiro atoms. The molecule has 0 saturated carbocycles. The third-order valence-electron chi connectivity index (χ3n) is 9.32. The van der Waals surface area contributed by atoms with Gasteiger partial charge in [0.05, 0.1) is 27.5 Å². The van der Waals surface area contributed by atoms with Gasteiger partial charge in [0.2, 0.25) is 0 Å². The van der Waals surface area contributed by atoms with E-state index in [9.17, 15) is 0 Å². The van der Waals surface area contributed by atoms with Gasteiger partial charge in [-0.25, -0.2) is 0 Å². The number of hydrogen-bond acceptors (Lipinski definition) is 1. The van der Waals surface area contributed by atoms with Gasteiger partial charge >= 0.3 is 0 Å². The molecule has 10 rings (SSSR count). The molecule has 3 aromatic heterocycles.